The molecule has 2 aliphatic carbocycles. The molecule has 2 aromatic carbocycles. The summed E-state index contributed by atoms with van der Waals surface area (Å²) in [5.41, 5.74) is 0.971. The first-order valence-corrected chi connectivity index (χ1v) is 27.1. The number of ether oxygens (including phenoxy) is 2. The molecule has 2 saturated heterocycles. The molecule has 4 aromatic rings. The minimum atomic E-state index is -1.26. The summed E-state index contributed by atoms with van der Waals surface area (Å²) >= 11 is 6.29. The molecule has 4 heterocycles. The number of nitrogens with one attached hydrogen (secondary N) is 5. The maximum absolute atomic E-state index is 14.6. The topological polar surface area (TPSA) is 200 Å². The third-order valence-electron chi connectivity index (χ3n) is 15.4. The number of nitrogens with zero attached hydrogens (tertiary/aromatic N) is 4. The molecule has 16 nitrogen and oxygen atoms in total. The summed E-state index contributed by atoms with van der Waals surface area (Å²) in [6.07, 6.45) is 15.0. The van der Waals surface area contributed by atoms with Crippen molar-refractivity contribution in [1.29, 1.82) is 0 Å². The van der Waals surface area contributed by atoms with E-state index < -0.39 is 29.3 Å². The van der Waals surface area contributed by atoms with Crippen molar-refractivity contribution in [2.45, 2.75) is 153 Å². The Hall–Kier alpha value is -5.74. The quantitative estimate of drug-likeness (QED) is 0.0533. The van der Waals surface area contributed by atoms with E-state index in [2.05, 4.69) is 54.1 Å². The van der Waals surface area contributed by atoms with Crippen LogP contribution in [0.2, 0.25) is 5.02 Å². The van der Waals surface area contributed by atoms with E-state index in [1.807, 2.05) is 47.5 Å². The van der Waals surface area contributed by atoms with E-state index in [1.54, 1.807) is 32.9 Å². The molecular formula is C56H76ClN9O7. The first kappa shape index (κ1) is 53.5. The van der Waals surface area contributed by atoms with Gasteiger partial charge in [-0.25, -0.2) is 14.8 Å². The second-order valence-electron chi connectivity index (χ2n) is 22.1. The van der Waals surface area contributed by atoms with Gasteiger partial charge in [0, 0.05) is 74.1 Å². The molecule has 2 aliphatic heterocycles. The minimum Gasteiger partial charge on any atom is -0.444 e. The van der Waals surface area contributed by atoms with Gasteiger partial charge in [-0.1, -0.05) is 62.1 Å². The fourth-order valence-corrected chi connectivity index (χ4v) is 10.9. The lowest BCUT2D eigenvalue weighted by atomic mass is 9.83. The van der Waals surface area contributed by atoms with Gasteiger partial charge in [-0.2, -0.15) is 0 Å². The maximum atomic E-state index is 14.6. The fraction of sp³-hybridized carbons (Fsp3) is 0.589. The number of hydrogen-bond donors (Lipinski definition) is 5. The second-order valence-corrected chi connectivity index (χ2v) is 22.5. The molecule has 2 saturated carbocycles. The van der Waals surface area contributed by atoms with Crippen molar-refractivity contribution in [3.63, 3.8) is 0 Å². The van der Waals surface area contributed by atoms with Gasteiger partial charge in [0.1, 0.15) is 35.0 Å². The predicted molar refractivity (Wildman–Crippen MR) is 282 cm³/mol. The summed E-state index contributed by atoms with van der Waals surface area (Å²) < 4.78 is 11.8. The number of unbranched alkanes of at least 4 members (excludes halogenated alkanes) is 2. The summed E-state index contributed by atoms with van der Waals surface area (Å²) in [6, 6.07) is 16.0. The number of halogens is 1. The number of rotatable bonds is 20. The van der Waals surface area contributed by atoms with Gasteiger partial charge >= 0.3 is 6.09 Å². The van der Waals surface area contributed by atoms with Gasteiger partial charge in [0.05, 0.1) is 11.4 Å². The lowest BCUT2D eigenvalue weighted by molar-refractivity contribution is -0.137. The third kappa shape index (κ3) is 14.1. The van der Waals surface area contributed by atoms with Crippen molar-refractivity contribution in [2.75, 3.05) is 50.8 Å². The zero-order chi connectivity index (χ0) is 51.6. The van der Waals surface area contributed by atoms with Crippen molar-refractivity contribution >= 4 is 58.2 Å². The lowest BCUT2D eigenvalue weighted by Crippen LogP contribution is -2.64. The number of alkyl carbamates (subject to hydrolysis) is 1. The van der Waals surface area contributed by atoms with Gasteiger partial charge < -0.3 is 45.5 Å². The number of hydrogen-bond acceptors (Lipinski definition) is 10. The Morgan fingerprint density at radius 3 is 2.37 bits per heavy atom. The third-order valence-corrected chi connectivity index (χ3v) is 15.6. The van der Waals surface area contributed by atoms with Crippen LogP contribution in [-0.4, -0.2) is 113 Å². The normalized spacial score (nSPS) is 19.6. The molecule has 0 radical (unpaired) electrons. The van der Waals surface area contributed by atoms with Crippen molar-refractivity contribution < 1.29 is 33.4 Å². The number of likely N-dealkylation sites (tertiary alicyclic amines) is 1. The number of anilines is 1. The van der Waals surface area contributed by atoms with Gasteiger partial charge in [0.15, 0.2) is 0 Å². The Bertz CT molecular complexity index is 2530. The lowest BCUT2D eigenvalue weighted by Gasteiger charge is -2.42. The maximum Gasteiger partial charge on any atom is 0.408 e. The number of fused-ring (bicyclic) bond motifs is 1. The predicted octanol–water partition coefficient (Wildman–Crippen LogP) is 8.91. The first-order chi connectivity index (χ1) is 35.1. The molecule has 0 spiro atoms. The second kappa shape index (κ2) is 24.1. The van der Waals surface area contributed by atoms with Crippen LogP contribution in [0.4, 0.5) is 10.6 Å². The molecule has 2 aromatic heterocycles. The van der Waals surface area contributed by atoms with Gasteiger partial charge in [-0.05, 0) is 145 Å². The van der Waals surface area contributed by atoms with Crippen LogP contribution in [-0.2, 0) is 23.9 Å². The molecule has 5 amide bonds. The number of piperidine rings is 2. The van der Waals surface area contributed by atoms with E-state index in [-0.39, 0.29) is 40.9 Å². The van der Waals surface area contributed by atoms with Crippen LogP contribution in [0.15, 0.2) is 67.1 Å². The van der Waals surface area contributed by atoms with E-state index in [4.69, 9.17) is 21.1 Å². The molecule has 3 atom stereocenters. The molecule has 4 fully saturated rings. The molecule has 5 N–H and O–H groups in total. The van der Waals surface area contributed by atoms with Crippen molar-refractivity contribution in [3.8, 4) is 0 Å². The van der Waals surface area contributed by atoms with Crippen LogP contribution in [0.3, 0.4) is 0 Å². The van der Waals surface area contributed by atoms with Gasteiger partial charge in [0.25, 0.3) is 5.91 Å². The van der Waals surface area contributed by atoms with Crippen LogP contribution >= 0.6 is 11.6 Å². The minimum absolute atomic E-state index is 0.0729. The Morgan fingerprint density at radius 1 is 0.863 bits per heavy atom. The number of aromatic nitrogens is 3. The molecule has 0 bridgehead atoms. The number of aromatic amines is 1. The molecule has 17 heteroatoms. The van der Waals surface area contributed by atoms with Crippen LogP contribution in [0.25, 0.3) is 11.0 Å². The average Bonchev–Trinajstić information content (AvgIpc) is 3.95. The number of amides is 5. The van der Waals surface area contributed by atoms with Crippen molar-refractivity contribution in [2.24, 2.45) is 11.3 Å². The number of benzene rings is 2. The van der Waals surface area contributed by atoms with Crippen LogP contribution in [0.5, 0.6) is 0 Å². The van der Waals surface area contributed by atoms with E-state index in [0.29, 0.717) is 69.2 Å². The Labute approximate surface area is 435 Å². The summed E-state index contributed by atoms with van der Waals surface area (Å²) in [7, 11) is 0. The highest BCUT2D eigenvalue weighted by molar-refractivity contribution is 6.30. The monoisotopic (exact) mass is 1020 g/mol. The molecule has 8 rings (SSSR count). The molecule has 73 heavy (non-hydrogen) atoms. The van der Waals surface area contributed by atoms with Gasteiger partial charge in [-0.3, -0.25) is 19.2 Å². The van der Waals surface area contributed by atoms with E-state index >= 15 is 0 Å². The molecule has 394 valence electrons. The number of carbonyl (C=O) groups excluding carboxylic acids is 5. The molecule has 1 unspecified atom stereocenters. The molecular weight excluding hydrogens is 946 g/mol. The highest BCUT2D eigenvalue weighted by Crippen LogP contribution is 2.47. The van der Waals surface area contributed by atoms with Crippen LogP contribution in [0, 0.1) is 11.3 Å². The van der Waals surface area contributed by atoms with Crippen molar-refractivity contribution in [1.82, 2.24) is 41.1 Å². The average molecular weight is 1020 g/mol. The van der Waals surface area contributed by atoms with Crippen molar-refractivity contribution in [3.05, 3.63) is 88.8 Å². The smallest absolute Gasteiger partial charge is 0.408 e. The summed E-state index contributed by atoms with van der Waals surface area (Å²) in [5.74, 6) is 0.572. The summed E-state index contributed by atoms with van der Waals surface area (Å²) in [6.45, 7) is 11.2. The number of H-pyrrole nitrogens is 1. The fourth-order valence-electron chi connectivity index (χ4n) is 10.8. The van der Waals surface area contributed by atoms with Gasteiger partial charge in [-0.15, -0.1) is 0 Å². The highest BCUT2D eigenvalue weighted by Gasteiger charge is 2.48. The first-order valence-electron chi connectivity index (χ1n) is 26.8. The van der Waals surface area contributed by atoms with Gasteiger partial charge in [0.2, 0.25) is 17.7 Å². The largest absolute Gasteiger partial charge is 0.444 e. The summed E-state index contributed by atoms with van der Waals surface area (Å²) in [5, 5.41) is 14.0. The Balaban J connectivity index is 0.810. The zero-order valence-corrected chi connectivity index (χ0v) is 44.0. The summed E-state index contributed by atoms with van der Waals surface area (Å²) in [4.78, 5) is 84.9. The Morgan fingerprint density at radius 2 is 1.63 bits per heavy atom. The Kier molecular flexibility index (Phi) is 17.7. The van der Waals surface area contributed by atoms with E-state index in [1.165, 1.54) is 6.33 Å². The van der Waals surface area contributed by atoms with E-state index in [0.717, 1.165) is 112 Å². The highest BCUT2D eigenvalue weighted by atomic mass is 35.5. The number of carbonyl (C=O) groups is 5. The van der Waals surface area contributed by atoms with Crippen LogP contribution < -0.4 is 26.2 Å². The SMILES string of the molecule is CC(C)(C)OC(=O)NC1(C(=O)N[C@@H](CCOCCCCCNC(=O)[C@H](NC(=O)c2cccc(C3CCCN(C(=O)C4(C)CC4)C3)c2)C2CCCCC2)c2ccc(Cl)cc2)CCN(c2ncnc3[nH]ccc23)CC1. The zero-order valence-electron chi connectivity index (χ0n) is 43.2. The van der Waals surface area contributed by atoms with Crippen LogP contribution in [0.1, 0.15) is 157 Å². The standard InChI is InChI=1S/C56H76ClN9O7/c1-54(2,3)73-53(71)64-56(26-31-65(32-27-56)48-44-22-29-58-47(44)60-37-61-48)51(69)62-45(38-18-20-43(57)21-19-38)23-34-72-33-10-6-9-28-59-50(68)46(39-13-7-5-8-14-39)63-49(67)41-16-11-15-40(35-41)42-17-12-30-66(36-42)52(70)55(4)24-25-55/h11,15-16,18-22,29,35,37,39,42,45-46H,5-10,12-14,17,23-28,30-34,36H2,1-4H3,(H,59,68)(H,62,69)(H,63,67)(H,64,71)(H,58,60,61)/t42?,45-,46+/m0/s1. The van der Waals surface area contributed by atoms with E-state index in [9.17, 15) is 24.0 Å². The molecule has 4 aliphatic rings.